The van der Waals surface area contributed by atoms with Crippen molar-refractivity contribution in [2.75, 3.05) is 19.6 Å². The Kier molecular flexibility index (Phi) is 8.53. The molecule has 5 nitrogen and oxygen atoms in total. The van der Waals surface area contributed by atoms with Gasteiger partial charge in [-0.25, -0.2) is 0 Å². The van der Waals surface area contributed by atoms with E-state index in [1.54, 1.807) is 6.26 Å². The molecule has 22 heavy (non-hydrogen) atoms. The summed E-state index contributed by atoms with van der Waals surface area (Å²) in [5, 5.41) is 2.99. The van der Waals surface area contributed by atoms with Crippen LogP contribution in [0.5, 0.6) is 0 Å². The molecule has 1 aliphatic heterocycles. The molecule has 1 aliphatic rings. The van der Waals surface area contributed by atoms with Crippen LogP contribution >= 0.6 is 12.4 Å². The molecule has 2 rings (SSSR count). The Balaban J connectivity index is 0.00000242. The molecular weight excluding hydrogens is 302 g/mol. The predicted octanol–water partition coefficient (Wildman–Crippen LogP) is 2.47. The number of piperidine rings is 1. The highest BCUT2D eigenvalue weighted by atomic mass is 35.5. The fraction of sp³-hybridized carbons (Fsp3) is 0.688. The van der Waals surface area contributed by atoms with Gasteiger partial charge in [0.25, 0.3) is 0 Å². The molecular formula is C16H28ClN3O2. The molecule has 3 N–H and O–H groups in total. The van der Waals surface area contributed by atoms with Crippen LogP contribution in [0, 0.1) is 0 Å². The third-order valence-corrected chi connectivity index (χ3v) is 4.11. The van der Waals surface area contributed by atoms with E-state index in [1.807, 2.05) is 19.1 Å². The molecule has 2 atom stereocenters. The summed E-state index contributed by atoms with van der Waals surface area (Å²) in [4.78, 5) is 14.4. The molecule has 0 saturated carbocycles. The minimum absolute atomic E-state index is 0. The van der Waals surface area contributed by atoms with E-state index in [2.05, 4.69) is 10.2 Å². The lowest BCUT2D eigenvalue weighted by molar-refractivity contribution is -0.122. The molecule has 1 saturated heterocycles. The number of nitrogens with zero attached hydrogens (tertiary/aromatic N) is 1. The first-order valence-corrected chi connectivity index (χ1v) is 8.03. The molecule has 0 bridgehead atoms. The van der Waals surface area contributed by atoms with Crippen molar-refractivity contribution in [1.29, 1.82) is 0 Å². The number of hydrogen-bond donors (Lipinski definition) is 2. The van der Waals surface area contributed by atoms with E-state index in [4.69, 9.17) is 10.2 Å². The van der Waals surface area contributed by atoms with Crippen molar-refractivity contribution >= 4 is 18.3 Å². The molecule has 0 radical (unpaired) electrons. The first-order chi connectivity index (χ1) is 10.2. The lowest BCUT2D eigenvalue weighted by atomic mass is 10.1. The predicted molar refractivity (Wildman–Crippen MR) is 90.0 cm³/mol. The van der Waals surface area contributed by atoms with E-state index in [0.717, 1.165) is 31.7 Å². The van der Waals surface area contributed by atoms with Crippen LogP contribution in [-0.2, 0) is 4.79 Å². The number of carbonyl (C=O) groups excluding carboxylic acids is 1. The molecule has 1 aromatic rings. The summed E-state index contributed by atoms with van der Waals surface area (Å²) < 4.78 is 5.56. The zero-order valence-corrected chi connectivity index (χ0v) is 14.1. The monoisotopic (exact) mass is 329 g/mol. The molecule has 6 heteroatoms. The van der Waals surface area contributed by atoms with Gasteiger partial charge in [-0.2, -0.15) is 0 Å². The number of rotatable bonds is 7. The van der Waals surface area contributed by atoms with Crippen LogP contribution in [0.25, 0.3) is 0 Å². The summed E-state index contributed by atoms with van der Waals surface area (Å²) in [6.45, 7) is 4.71. The molecule has 0 aliphatic carbocycles. The van der Waals surface area contributed by atoms with Crippen LogP contribution in [0.3, 0.4) is 0 Å². The van der Waals surface area contributed by atoms with Crippen LogP contribution < -0.4 is 11.1 Å². The molecule has 1 amide bonds. The Morgan fingerprint density at radius 1 is 1.41 bits per heavy atom. The zero-order chi connectivity index (χ0) is 15.1. The van der Waals surface area contributed by atoms with E-state index in [0.29, 0.717) is 6.54 Å². The zero-order valence-electron chi connectivity index (χ0n) is 13.3. The van der Waals surface area contributed by atoms with Crippen molar-refractivity contribution in [3.8, 4) is 0 Å². The Morgan fingerprint density at radius 2 is 2.14 bits per heavy atom. The minimum Gasteiger partial charge on any atom is -0.468 e. The maximum atomic E-state index is 12.0. The fourth-order valence-electron chi connectivity index (χ4n) is 2.89. The summed E-state index contributed by atoms with van der Waals surface area (Å²) >= 11 is 0. The van der Waals surface area contributed by atoms with Gasteiger partial charge in [0, 0.05) is 6.54 Å². The smallest absolute Gasteiger partial charge is 0.236 e. The Hall–Kier alpha value is -1.04. The van der Waals surface area contributed by atoms with Gasteiger partial charge in [0.2, 0.25) is 5.91 Å². The molecule has 1 aromatic heterocycles. The van der Waals surface area contributed by atoms with Crippen LogP contribution in [0.2, 0.25) is 0 Å². The van der Waals surface area contributed by atoms with Crippen LogP contribution in [0.4, 0.5) is 0 Å². The Labute approximate surface area is 139 Å². The highest BCUT2D eigenvalue weighted by molar-refractivity contribution is 5.85. The quantitative estimate of drug-likeness (QED) is 0.806. The second-order valence-electron chi connectivity index (χ2n) is 5.77. The largest absolute Gasteiger partial charge is 0.468 e. The van der Waals surface area contributed by atoms with E-state index in [9.17, 15) is 4.79 Å². The van der Waals surface area contributed by atoms with Gasteiger partial charge in [-0.3, -0.25) is 9.69 Å². The number of carbonyl (C=O) groups is 1. The number of likely N-dealkylation sites (tertiary alicyclic amines) is 1. The van der Waals surface area contributed by atoms with Crippen molar-refractivity contribution < 1.29 is 9.21 Å². The van der Waals surface area contributed by atoms with Crippen molar-refractivity contribution in [2.45, 2.75) is 51.1 Å². The second kappa shape index (κ2) is 9.87. The molecule has 126 valence electrons. The van der Waals surface area contributed by atoms with E-state index in [1.165, 1.54) is 19.3 Å². The summed E-state index contributed by atoms with van der Waals surface area (Å²) in [6.07, 6.45) is 7.04. The summed E-state index contributed by atoms with van der Waals surface area (Å²) in [5.74, 6) is 0.853. The van der Waals surface area contributed by atoms with Gasteiger partial charge in [-0.1, -0.05) is 19.8 Å². The third kappa shape index (κ3) is 5.30. The molecule has 0 aromatic carbocycles. The average molecular weight is 330 g/mol. The number of hydrogen-bond acceptors (Lipinski definition) is 4. The van der Waals surface area contributed by atoms with Crippen LogP contribution in [0.1, 0.15) is 50.8 Å². The number of nitrogens with two attached hydrogens (primary N) is 1. The molecule has 2 heterocycles. The number of amides is 1. The van der Waals surface area contributed by atoms with Crippen LogP contribution in [0.15, 0.2) is 22.8 Å². The minimum atomic E-state index is -0.409. The summed E-state index contributed by atoms with van der Waals surface area (Å²) in [7, 11) is 0. The van der Waals surface area contributed by atoms with Gasteiger partial charge < -0.3 is 15.5 Å². The van der Waals surface area contributed by atoms with Gasteiger partial charge in [0.15, 0.2) is 0 Å². The van der Waals surface area contributed by atoms with Crippen molar-refractivity contribution in [3.05, 3.63) is 24.2 Å². The number of furan rings is 1. The lowest BCUT2D eigenvalue weighted by Gasteiger charge is -2.33. The Morgan fingerprint density at radius 3 is 2.73 bits per heavy atom. The maximum Gasteiger partial charge on any atom is 0.236 e. The molecule has 1 fully saturated rings. The van der Waals surface area contributed by atoms with Gasteiger partial charge in [-0.15, -0.1) is 12.4 Å². The summed E-state index contributed by atoms with van der Waals surface area (Å²) in [6, 6.07) is 3.58. The van der Waals surface area contributed by atoms with Gasteiger partial charge >= 0.3 is 0 Å². The van der Waals surface area contributed by atoms with Gasteiger partial charge in [0.1, 0.15) is 5.76 Å². The normalized spacial score (nSPS) is 18.3. The third-order valence-electron chi connectivity index (χ3n) is 4.11. The first kappa shape index (κ1) is 19.0. The van der Waals surface area contributed by atoms with E-state index in [-0.39, 0.29) is 24.4 Å². The van der Waals surface area contributed by atoms with Gasteiger partial charge in [-0.05, 0) is 44.5 Å². The van der Waals surface area contributed by atoms with Crippen molar-refractivity contribution in [1.82, 2.24) is 10.2 Å². The lowest BCUT2D eigenvalue weighted by Crippen LogP contribution is -2.45. The standard InChI is InChI=1S/C16H27N3O2.ClH/c1-2-7-13(17)16(20)18-12-14(15-8-6-11-21-15)19-9-4-3-5-10-19;/h6,8,11,13-14H,2-5,7,9-10,12,17H2,1H3,(H,18,20);1H. The molecule has 0 spiro atoms. The fourth-order valence-corrected chi connectivity index (χ4v) is 2.89. The topological polar surface area (TPSA) is 71.5 Å². The highest BCUT2D eigenvalue weighted by Gasteiger charge is 2.25. The first-order valence-electron chi connectivity index (χ1n) is 8.03. The van der Waals surface area contributed by atoms with Gasteiger partial charge in [0.05, 0.1) is 18.3 Å². The average Bonchev–Trinajstić information content (AvgIpc) is 3.03. The second-order valence-corrected chi connectivity index (χ2v) is 5.77. The van der Waals surface area contributed by atoms with Crippen molar-refractivity contribution in [2.24, 2.45) is 5.73 Å². The number of halogens is 1. The van der Waals surface area contributed by atoms with Crippen LogP contribution in [-0.4, -0.2) is 36.5 Å². The van der Waals surface area contributed by atoms with E-state index >= 15 is 0 Å². The Bertz CT molecular complexity index is 419. The number of nitrogens with one attached hydrogen (secondary N) is 1. The SMILES string of the molecule is CCCC(N)C(=O)NCC(c1ccco1)N1CCCCC1.Cl. The van der Waals surface area contributed by atoms with E-state index < -0.39 is 6.04 Å². The summed E-state index contributed by atoms with van der Waals surface area (Å²) in [5.41, 5.74) is 5.86. The molecule has 2 unspecified atom stereocenters. The van der Waals surface area contributed by atoms with Crippen molar-refractivity contribution in [3.63, 3.8) is 0 Å². The highest BCUT2D eigenvalue weighted by Crippen LogP contribution is 2.24. The maximum absolute atomic E-state index is 12.0.